The highest BCUT2D eigenvalue weighted by Crippen LogP contribution is 2.38. The fourth-order valence-corrected chi connectivity index (χ4v) is 2.72. The van der Waals surface area contributed by atoms with E-state index >= 15 is 0 Å². The van der Waals surface area contributed by atoms with E-state index < -0.39 is 0 Å². The highest BCUT2D eigenvalue weighted by molar-refractivity contribution is 5.62. The number of anilines is 1. The Labute approximate surface area is 114 Å². The standard InChI is InChI=1S/C15H22N2O2/c1-17(2)6-5-12-4-3-11-9-14-15(10-13(11)16-12)19-8-7-18-14/h9-10,12,16H,3-8H2,1-2H3. The first-order chi connectivity index (χ1) is 9.22. The van der Waals surface area contributed by atoms with Gasteiger partial charge in [0.15, 0.2) is 11.5 Å². The smallest absolute Gasteiger partial charge is 0.163 e. The zero-order valence-corrected chi connectivity index (χ0v) is 11.7. The number of nitrogens with zero attached hydrogens (tertiary/aromatic N) is 1. The summed E-state index contributed by atoms with van der Waals surface area (Å²) >= 11 is 0. The van der Waals surface area contributed by atoms with Crippen LogP contribution in [0.25, 0.3) is 0 Å². The van der Waals surface area contributed by atoms with Crippen LogP contribution in [0.3, 0.4) is 0 Å². The van der Waals surface area contributed by atoms with E-state index in [1.54, 1.807) is 0 Å². The maximum atomic E-state index is 5.65. The van der Waals surface area contributed by atoms with Crippen molar-refractivity contribution in [2.45, 2.75) is 25.3 Å². The van der Waals surface area contributed by atoms with Gasteiger partial charge in [0.1, 0.15) is 13.2 Å². The van der Waals surface area contributed by atoms with Crippen molar-refractivity contribution >= 4 is 5.69 Å². The summed E-state index contributed by atoms with van der Waals surface area (Å²) < 4.78 is 11.3. The lowest BCUT2D eigenvalue weighted by Gasteiger charge is -2.30. The van der Waals surface area contributed by atoms with Crippen LogP contribution in [-0.4, -0.2) is 44.8 Å². The molecule has 4 heteroatoms. The first kappa shape index (κ1) is 12.6. The Morgan fingerprint density at radius 1 is 1.21 bits per heavy atom. The molecule has 0 aliphatic carbocycles. The Hall–Kier alpha value is -1.42. The minimum atomic E-state index is 0.567. The molecule has 19 heavy (non-hydrogen) atoms. The lowest BCUT2D eigenvalue weighted by molar-refractivity contribution is 0.171. The molecule has 104 valence electrons. The van der Waals surface area contributed by atoms with Crippen LogP contribution in [0.2, 0.25) is 0 Å². The minimum absolute atomic E-state index is 0.567. The highest BCUT2D eigenvalue weighted by Gasteiger charge is 2.22. The SMILES string of the molecule is CN(C)CCC1CCc2cc3c(cc2N1)OCCO3. The van der Waals surface area contributed by atoms with Gasteiger partial charge in [-0.1, -0.05) is 0 Å². The van der Waals surface area contributed by atoms with Crippen LogP contribution >= 0.6 is 0 Å². The van der Waals surface area contributed by atoms with Gasteiger partial charge in [0.2, 0.25) is 0 Å². The summed E-state index contributed by atoms with van der Waals surface area (Å²) in [6, 6.07) is 4.81. The Morgan fingerprint density at radius 2 is 1.95 bits per heavy atom. The number of nitrogens with one attached hydrogen (secondary N) is 1. The van der Waals surface area contributed by atoms with Crippen LogP contribution in [0.4, 0.5) is 5.69 Å². The van der Waals surface area contributed by atoms with Crippen molar-refractivity contribution in [1.82, 2.24) is 4.90 Å². The van der Waals surface area contributed by atoms with Crippen molar-refractivity contribution < 1.29 is 9.47 Å². The molecule has 0 saturated carbocycles. The van der Waals surface area contributed by atoms with Gasteiger partial charge in [-0.2, -0.15) is 0 Å². The molecule has 1 aromatic carbocycles. The molecule has 1 atom stereocenters. The zero-order valence-electron chi connectivity index (χ0n) is 11.7. The first-order valence-corrected chi connectivity index (χ1v) is 7.06. The number of rotatable bonds is 3. The fraction of sp³-hybridized carbons (Fsp3) is 0.600. The Kier molecular flexibility index (Phi) is 3.51. The van der Waals surface area contributed by atoms with Gasteiger partial charge in [0.05, 0.1) is 0 Å². The number of benzene rings is 1. The number of hydrogen-bond acceptors (Lipinski definition) is 4. The Bertz CT molecular complexity index is 460. The largest absolute Gasteiger partial charge is 0.486 e. The van der Waals surface area contributed by atoms with Crippen LogP contribution in [0, 0.1) is 0 Å². The minimum Gasteiger partial charge on any atom is -0.486 e. The van der Waals surface area contributed by atoms with Gasteiger partial charge in [-0.25, -0.2) is 0 Å². The third-order valence-electron chi connectivity index (χ3n) is 3.81. The van der Waals surface area contributed by atoms with Crippen LogP contribution in [-0.2, 0) is 6.42 Å². The van der Waals surface area contributed by atoms with Gasteiger partial charge in [0.25, 0.3) is 0 Å². The molecule has 0 fully saturated rings. The van der Waals surface area contributed by atoms with Crippen molar-refractivity contribution in [3.63, 3.8) is 0 Å². The molecule has 0 spiro atoms. The van der Waals surface area contributed by atoms with Crippen molar-refractivity contribution in [2.24, 2.45) is 0 Å². The second kappa shape index (κ2) is 5.29. The van der Waals surface area contributed by atoms with Gasteiger partial charge >= 0.3 is 0 Å². The van der Waals surface area contributed by atoms with Gasteiger partial charge in [0, 0.05) is 17.8 Å². The average molecular weight is 262 g/mol. The summed E-state index contributed by atoms with van der Waals surface area (Å²) in [5.74, 6) is 1.78. The van der Waals surface area contributed by atoms with E-state index in [-0.39, 0.29) is 0 Å². The predicted octanol–water partition coefficient (Wildman–Crippen LogP) is 2.14. The normalized spacial score (nSPS) is 20.9. The Balaban J connectivity index is 1.73. The Morgan fingerprint density at radius 3 is 2.68 bits per heavy atom. The number of ether oxygens (including phenoxy) is 2. The molecule has 0 aromatic heterocycles. The van der Waals surface area contributed by atoms with Gasteiger partial charge < -0.3 is 19.7 Å². The molecule has 0 amide bonds. The summed E-state index contributed by atoms with van der Waals surface area (Å²) in [4.78, 5) is 2.24. The van der Waals surface area contributed by atoms with Crippen molar-refractivity contribution in [3.8, 4) is 11.5 Å². The summed E-state index contributed by atoms with van der Waals surface area (Å²) in [5, 5.41) is 3.64. The molecule has 0 radical (unpaired) electrons. The maximum Gasteiger partial charge on any atom is 0.163 e. The van der Waals surface area contributed by atoms with Crippen LogP contribution in [0.1, 0.15) is 18.4 Å². The van der Waals surface area contributed by atoms with E-state index in [0.29, 0.717) is 19.3 Å². The third kappa shape index (κ3) is 2.78. The van der Waals surface area contributed by atoms with Crippen LogP contribution < -0.4 is 14.8 Å². The van der Waals surface area contributed by atoms with Crippen molar-refractivity contribution in [1.29, 1.82) is 0 Å². The lowest BCUT2D eigenvalue weighted by atomic mass is 9.95. The summed E-state index contributed by atoms with van der Waals surface area (Å²) in [6.07, 6.45) is 3.50. The molecular weight excluding hydrogens is 240 g/mol. The molecule has 1 aromatic rings. The average Bonchev–Trinajstić information content (AvgIpc) is 2.42. The molecule has 0 saturated heterocycles. The molecular formula is C15H22N2O2. The number of fused-ring (bicyclic) bond motifs is 2. The van der Waals surface area contributed by atoms with Gasteiger partial charge in [-0.05, 0) is 51.5 Å². The van der Waals surface area contributed by atoms with Crippen LogP contribution in [0.5, 0.6) is 11.5 Å². The number of aryl methyl sites for hydroxylation is 1. The monoisotopic (exact) mass is 262 g/mol. The van der Waals surface area contributed by atoms with E-state index in [1.165, 1.54) is 24.1 Å². The molecule has 0 bridgehead atoms. The molecule has 1 N–H and O–H groups in total. The first-order valence-electron chi connectivity index (χ1n) is 7.06. The van der Waals surface area contributed by atoms with E-state index in [2.05, 4.69) is 36.4 Å². The quantitative estimate of drug-likeness (QED) is 0.905. The van der Waals surface area contributed by atoms with E-state index in [4.69, 9.17) is 9.47 Å². The number of hydrogen-bond donors (Lipinski definition) is 1. The van der Waals surface area contributed by atoms with E-state index in [1.807, 2.05) is 0 Å². The molecule has 2 aliphatic rings. The molecule has 4 nitrogen and oxygen atoms in total. The van der Waals surface area contributed by atoms with Crippen LogP contribution in [0.15, 0.2) is 12.1 Å². The van der Waals surface area contributed by atoms with Gasteiger partial charge in [-0.15, -0.1) is 0 Å². The summed E-state index contributed by atoms with van der Waals surface area (Å²) in [5.41, 5.74) is 2.57. The highest BCUT2D eigenvalue weighted by atomic mass is 16.6. The van der Waals surface area contributed by atoms with Gasteiger partial charge in [-0.3, -0.25) is 0 Å². The zero-order chi connectivity index (χ0) is 13.2. The second-order valence-corrected chi connectivity index (χ2v) is 5.62. The maximum absolute atomic E-state index is 5.65. The summed E-state index contributed by atoms with van der Waals surface area (Å²) in [6.45, 7) is 2.43. The second-order valence-electron chi connectivity index (χ2n) is 5.62. The van der Waals surface area contributed by atoms with Crippen molar-refractivity contribution in [2.75, 3.05) is 39.2 Å². The van der Waals surface area contributed by atoms with E-state index in [9.17, 15) is 0 Å². The molecule has 1 unspecified atom stereocenters. The van der Waals surface area contributed by atoms with E-state index in [0.717, 1.165) is 24.5 Å². The molecule has 3 rings (SSSR count). The molecule has 2 aliphatic heterocycles. The topological polar surface area (TPSA) is 33.7 Å². The third-order valence-corrected chi connectivity index (χ3v) is 3.81. The molecule has 2 heterocycles. The fourth-order valence-electron chi connectivity index (χ4n) is 2.72. The lowest BCUT2D eigenvalue weighted by Crippen LogP contribution is -2.29. The predicted molar refractivity (Wildman–Crippen MR) is 76.3 cm³/mol. The summed E-state index contributed by atoms with van der Waals surface area (Å²) in [7, 11) is 4.25. The van der Waals surface area contributed by atoms with Crippen molar-refractivity contribution in [3.05, 3.63) is 17.7 Å².